The van der Waals surface area contributed by atoms with Gasteiger partial charge < -0.3 is 19.6 Å². The normalized spacial score (nSPS) is 19.0. The lowest BCUT2D eigenvalue weighted by Crippen LogP contribution is -2.33. The lowest BCUT2D eigenvalue weighted by Gasteiger charge is -2.38. The summed E-state index contributed by atoms with van der Waals surface area (Å²) in [6.07, 6.45) is 6.80. The predicted molar refractivity (Wildman–Crippen MR) is 161 cm³/mol. The Bertz CT molecular complexity index is 1350. The Morgan fingerprint density at radius 1 is 1.18 bits per heavy atom. The lowest BCUT2D eigenvalue weighted by atomic mass is 9.82. The number of amides is 1. The number of rotatable bonds is 9. The van der Waals surface area contributed by atoms with Gasteiger partial charge in [-0.2, -0.15) is 0 Å². The van der Waals surface area contributed by atoms with Crippen LogP contribution in [0.15, 0.2) is 40.0 Å². The number of ether oxygens (including phenoxy) is 1. The molecule has 1 amide bonds. The number of nitrogens with zero attached hydrogens (tertiary/aromatic N) is 1. The van der Waals surface area contributed by atoms with E-state index in [0.717, 1.165) is 58.4 Å². The molecule has 2 N–H and O–H groups in total. The van der Waals surface area contributed by atoms with Crippen LogP contribution in [0.5, 0.6) is 0 Å². The third kappa shape index (κ3) is 6.13. The van der Waals surface area contributed by atoms with Gasteiger partial charge in [0.05, 0.1) is 11.7 Å². The number of carbonyl (C=O) groups is 1. The van der Waals surface area contributed by atoms with Crippen molar-refractivity contribution in [2.75, 3.05) is 13.4 Å². The molecule has 206 valence electrons. The van der Waals surface area contributed by atoms with Crippen LogP contribution in [0, 0.1) is 19.8 Å². The molecule has 4 rings (SSSR count). The van der Waals surface area contributed by atoms with Gasteiger partial charge in [0.15, 0.2) is 0 Å². The van der Waals surface area contributed by atoms with Gasteiger partial charge in [-0.25, -0.2) is 0 Å². The first-order chi connectivity index (χ1) is 18.0. The Labute approximate surface area is 231 Å². The summed E-state index contributed by atoms with van der Waals surface area (Å²) < 4.78 is 8.15. The number of carbonyl (C=O) groups excluding carboxylic acids is 1. The summed E-state index contributed by atoms with van der Waals surface area (Å²) in [5.74, 6) is 0.438. The van der Waals surface area contributed by atoms with Gasteiger partial charge in [-0.1, -0.05) is 37.8 Å². The van der Waals surface area contributed by atoms with E-state index >= 15 is 0 Å². The number of hydrogen-bond donors (Lipinski definition) is 2. The molecule has 38 heavy (non-hydrogen) atoms. The van der Waals surface area contributed by atoms with E-state index in [2.05, 4.69) is 59.6 Å². The maximum absolute atomic E-state index is 13.8. The number of H-pyrrole nitrogens is 1. The monoisotopic (exact) mass is 553 g/mol. The maximum Gasteiger partial charge on any atom is 0.254 e. The maximum atomic E-state index is 13.8. The van der Waals surface area contributed by atoms with Gasteiger partial charge in [-0.05, 0) is 69.9 Å². The van der Waals surface area contributed by atoms with Crippen LogP contribution in [0.25, 0.3) is 10.9 Å². The van der Waals surface area contributed by atoms with E-state index in [1.807, 2.05) is 32.4 Å². The van der Waals surface area contributed by atoms with Crippen molar-refractivity contribution in [2.45, 2.75) is 88.8 Å². The van der Waals surface area contributed by atoms with E-state index in [4.69, 9.17) is 4.74 Å². The van der Waals surface area contributed by atoms with Crippen LogP contribution in [0.4, 0.5) is 0 Å². The Hall–Kier alpha value is -2.29. The number of pyridine rings is 1. The zero-order valence-corrected chi connectivity index (χ0v) is 25.8. The molecule has 0 radical (unpaired) electrons. The first kappa shape index (κ1) is 28.7. The van der Waals surface area contributed by atoms with Gasteiger partial charge in [0, 0.05) is 60.5 Å². The number of hydrogen-bond acceptors (Lipinski definition) is 4. The fraction of sp³-hybridized carbons (Fsp3) is 0.533. The molecular formula is C30H43N3O3SSi. The molecular weight excluding hydrogens is 511 g/mol. The molecule has 1 aliphatic carbocycles. The average Bonchev–Trinajstić information content (AvgIpc) is 3.17. The van der Waals surface area contributed by atoms with Crippen LogP contribution in [0.3, 0.4) is 0 Å². The van der Waals surface area contributed by atoms with Crippen molar-refractivity contribution in [3.63, 3.8) is 0 Å². The van der Waals surface area contributed by atoms with Gasteiger partial charge in [-0.3, -0.25) is 9.59 Å². The van der Waals surface area contributed by atoms with Crippen LogP contribution >= 0.6 is 11.8 Å². The molecule has 1 aliphatic rings. The quantitative estimate of drug-likeness (QED) is 0.229. The fourth-order valence-corrected chi connectivity index (χ4v) is 8.68. The second-order valence-electron chi connectivity index (χ2n) is 12.0. The van der Waals surface area contributed by atoms with Gasteiger partial charge in [0.1, 0.15) is 0 Å². The van der Waals surface area contributed by atoms with Crippen LogP contribution < -0.4 is 10.9 Å². The number of aromatic amines is 1. The Balaban J connectivity index is 1.72. The number of para-hydroxylation sites is 1. The summed E-state index contributed by atoms with van der Waals surface area (Å²) in [4.78, 5) is 30.2. The summed E-state index contributed by atoms with van der Waals surface area (Å²) in [6, 6.07) is 11.8. The molecule has 1 saturated carbocycles. The van der Waals surface area contributed by atoms with Crippen LogP contribution in [-0.2, 0) is 11.3 Å². The van der Waals surface area contributed by atoms with Crippen molar-refractivity contribution in [1.29, 1.82) is 0 Å². The fourth-order valence-electron chi connectivity index (χ4n) is 6.20. The third-order valence-corrected chi connectivity index (χ3v) is 10.5. The molecule has 8 heteroatoms. The van der Waals surface area contributed by atoms with E-state index in [-0.39, 0.29) is 18.0 Å². The summed E-state index contributed by atoms with van der Waals surface area (Å²) in [5.41, 5.74) is 4.15. The minimum Gasteiger partial charge on any atom is -0.381 e. The van der Waals surface area contributed by atoms with E-state index in [0.29, 0.717) is 23.6 Å². The number of aryl methyl sites for hydroxylation is 1. The molecule has 2 heterocycles. The highest BCUT2D eigenvalue weighted by molar-refractivity contribution is 7.98. The highest BCUT2D eigenvalue weighted by Crippen LogP contribution is 2.42. The smallest absolute Gasteiger partial charge is 0.254 e. The molecule has 6 nitrogen and oxygen atoms in total. The molecule has 1 aromatic carbocycles. The Kier molecular flexibility index (Phi) is 8.95. The largest absolute Gasteiger partial charge is 0.381 e. The van der Waals surface area contributed by atoms with E-state index in [1.165, 1.54) is 17.8 Å². The minimum absolute atomic E-state index is 0.126. The SMILES string of the molecule is COC1CCC([C@@H](C[Si](C)(C)C)n2c(C)c(C(=O)NCc3c(SC)cc(C)[nH]c3=O)c3ccccc32)CC1. The molecule has 0 spiro atoms. The number of nitrogens with one attached hydrogen (secondary N) is 2. The molecule has 0 bridgehead atoms. The Morgan fingerprint density at radius 3 is 2.50 bits per heavy atom. The van der Waals surface area contributed by atoms with Gasteiger partial charge in [-0.15, -0.1) is 11.8 Å². The van der Waals surface area contributed by atoms with Crippen LogP contribution in [-0.4, -0.2) is 43.0 Å². The second-order valence-corrected chi connectivity index (χ2v) is 18.3. The van der Waals surface area contributed by atoms with Crippen LogP contribution in [0.1, 0.15) is 59.0 Å². The van der Waals surface area contributed by atoms with Crippen molar-refractivity contribution >= 4 is 36.6 Å². The molecule has 1 atom stereocenters. The molecule has 1 fully saturated rings. The Morgan fingerprint density at radius 2 is 1.87 bits per heavy atom. The zero-order valence-electron chi connectivity index (χ0n) is 23.9. The first-order valence-corrected chi connectivity index (χ1v) is 18.6. The highest BCUT2D eigenvalue weighted by atomic mass is 32.2. The lowest BCUT2D eigenvalue weighted by molar-refractivity contribution is 0.0491. The molecule has 0 saturated heterocycles. The number of benzene rings is 1. The van der Waals surface area contributed by atoms with Crippen molar-refractivity contribution in [3.8, 4) is 0 Å². The first-order valence-electron chi connectivity index (χ1n) is 13.7. The second kappa shape index (κ2) is 11.8. The van der Waals surface area contributed by atoms with Crippen molar-refractivity contribution in [2.24, 2.45) is 5.92 Å². The molecule has 2 aromatic heterocycles. The molecule has 0 aliphatic heterocycles. The topological polar surface area (TPSA) is 76.1 Å². The van der Waals surface area contributed by atoms with Gasteiger partial charge >= 0.3 is 0 Å². The minimum atomic E-state index is -1.41. The number of methoxy groups -OCH3 is 1. The third-order valence-electron chi connectivity index (χ3n) is 8.01. The number of thioether (sulfide) groups is 1. The van der Waals surface area contributed by atoms with E-state index < -0.39 is 8.07 Å². The van der Waals surface area contributed by atoms with E-state index in [1.54, 1.807) is 0 Å². The van der Waals surface area contributed by atoms with Gasteiger partial charge in [0.2, 0.25) is 0 Å². The standard InChI is InChI=1S/C30H43N3O3SSi/c1-19-16-27(37-4)24(29(34)32-19)17-31-30(35)28-20(2)33(25-11-9-8-10-23(25)28)26(18-38(5,6)7)21-12-14-22(36-3)15-13-21/h8-11,16,21-22,26H,12-15,17-18H2,1-7H3,(H,31,35)(H,32,34)/t21?,22?,26-/m1/s1. The van der Waals surface area contributed by atoms with E-state index in [9.17, 15) is 9.59 Å². The summed E-state index contributed by atoms with van der Waals surface area (Å²) in [7, 11) is 0.410. The van der Waals surface area contributed by atoms with Gasteiger partial charge in [0.25, 0.3) is 11.5 Å². The zero-order chi connectivity index (χ0) is 27.6. The predicted octanol–water partition coefficient (Wildman–Crippen LogP) is 6.68. The van der Waals surface area contributed by atoms with Crippen molar-refractivity contribution in [1.82, 2.24) is 14.9 Å². The number of aromatic nitrogens is 2. The number of fused-ring (bicyclic) bond motifs is 1. The summed E-state index contributed by atoms with van der Waals surface area (Å²) in [6.45, 7) is 11.5. The summed E-state index contributed by atoms with van der Waals surface area (Å²) in [5, 5.41) is 4.07. The van der Waals surface area contributed by atoms with Crippen molar-refractivity contribution < 1.29 is 9.53 Å². The summed E-state index contributed by atoms with van der Waals surface area (Å²) >= 11 is 1.53. The highest BCUT2D eigenvalue weighted by Gasteiger charge is 2.35. The molecule has 3 aromatic rings. The average molecular weight is 554 g/mol. The van der Waals surface area contributed by atoms with Crippen LogP contribution in [0.2, 0.25) is 25.7 Å². The molecule has 0 unspecified atom stereocenters. The van der Waals surface area contributed by atoms with Crippen molar-refractivity contribution in [3.05, 3.63) is 63.2 Å².